The first-order chi connectivity index (χ1) is 7.50. The van der Waals surface area contributed by atoms with Gasteiger partial charge in [-0.05, 0) is 43.9 Å². The van der Waals surface area contributed by atoms with Crippen molar-refractivity contribution in [3.8, 4) is 0 Å². The number of nitrogens with zero attached hydrogens (tertiary/aromatic N) is 1. The van der Waals surface area contributed by atoms with Crippen molar-refractivity contribution in [2.24, 2.45) is 17.6 Å². The zero-order valence-electron chi connectivity index (χ0n) is 10.9. The molecular weight excluding hydrogens is 200 g/mol. The Kier molecular flexibility index (Phi) is 5.10. The van der Waals surface area contributed by atoms with Crippen molar-refractivity contribution in [1.82, 2.24) is 4.90 Å². The maximum Gasteiger partial charge on any atom is 0.315 e. The SMILES string of the molecule is CC(C)CCN(C(N)=O)[C@H]1CC[C@H](C)CC1. The van der Waals surface area contributed by atoms with Crippen molar-refractivity contribution in [2.75, 3.05) is 6.54 Å². The van der Waals surface area contributed by atoms with Gasteiger partial charge in [-0.25, -0.2) is 4.79 Å². The smallest absolute Gasteiger partial charge is 0.315 e. The first-order valence-electron chi connectivity index (χ1n) is 6.56. The number of urea groups is 1. The normalized spacial score (nSPS) is 25.8. The molecule has 0 aromatic rings. The van der Waals surface area contributed by atoms with Crippen LogP contribution in [0, 0.1) is 11.8 Å². The lowest BCUT2D eigenvalue weighted by Gasteiger charge is -2.35. The van der Waals surface area contributed by atoms with E-state index in [0.717, 1.165) is 31.7 Å². The molecule has 0 atom stereocenters. The maximum atomic E-state index is 11.4. The lowest BCUT2D eigenvalue weighted by Crippen LogP contribution is -2.45. The van der Waals surface area contributed by atoms with E-state index in [4.69, 9.17) is 5.73 Å². The zero-order valence-corrected chi connectivity index (χ0v) is 10.9. The van der Waals surface area contributed by atoms with Crippen molar-refractivity contribution in [3.63, 3.8) is 0 Å². The summed E-state index contributed by atoms with van der Waals surface area (Å²) in [5.74, 6) is 1.44. The molecule has 0 heterocycles. The Morgan fingerprint density at radius 3 is 2.31 bits per heavy atom. The van der Waals surface area contributed by atoms with Crippen LogP contribution in [0.1, 0.15) is 52.9 Å². The van der Waals surface area contributed by atoms with Gasteiger partial charge in [0.25, 0.3) is 0 Å². The van der Waals surface area contributed by atoms with E-state index in [0.29, 0.717) is 12.0 Å². The summed E-state index contributed by atoms with van der Waals surface area (Å²) in [4.78, 5) is 13.3. The summed E-state index contributed by atoms with van der Waals surface area (Å²) >= 11 is 0. The van der Waals surface area contributed by atoms with Gasteiger partial charge in [0.2, 0.25) is 0 Å². The topological polar surface area (TPSA) is 46.3 Å². The fourth-order valence-electron chi connectivity index (χ4n) is 2.42. The fraction of sp³-hybridized carbons (Fsp3) is 0.923. The molecule has 1 fully saturated rings. The third-order valence-corrected chi connectivity index (χ3v) is 3.66. The molecule has 1 rings (SSSR count). The summed E-state index contributed by atoms with van der Waals surface area (Å²) in [7, 11) is 0. The van der Waals surface area contributed by atoms with Crippen molar-refractivity contribution in [3.05, 3.63) is 0 Å². The molecule has 94 valence electrons. The van der Waals surface area contributed by atoms with E-state index in [-0.39, 0.29) is 6.03 Å². The fourth-order valence-corrected chi connectivity index (χ4v) is 2.42. The van der Waals surface area contributed by atoms with Crippen molar-refractivity contribution in [1.29, 1.82) is 0 Å². The van der Waals surface area contributed by atoms with Gasteiger partial charge >= 0.3 is 6.03 Å². The average molecular weight is 226 g/mol. The minimum absolute atomic E-state index is 0.236. The first-order valence-corrected chi connectivity index (χ1v) is 6.56. The summed E-state index contributed by atoms with van der Waals surface area (Å²) in [6.45, 7) is 7.48. The number of hydrogen-bond acceptors (Lipinski definition) is 1. The molecule has 0 bridgehead atoms. The molecule has 0 aromatic heterocycles. The molecule has 1 aliphatic rings. The minimum atomic E-state index is -0.236. The van der Waals surface area contributed by atoms with Gasteiger partial charge in [-0.1, -0.05) is 20.8 Å². The van der Waals surface area contributed by atoms with Crippen LogP contribution in [0.5, 0.6) is 0 Å². The molecule has 2 amide bonds. The first kappa shape index (κ1) is 13.3. The van der Waals surface area contributed by atoms with E-state index in [1.54, 1.807) is 0 Å². The number of amides is 2. The molecular formula is C13H26N2O. The molecule has 0 spiro atoms. The van der Waals surface area contributed by atoms with Gasteiger partial charge in [0.1, 0.15) is 0 Å². The monoisotopic (exact) mass is 226 g/mol. The van der Waals surface area contributed by atoms with Crippen LogP contribution in [0.3, 0.4) is 0 Å². The number of rotatable bonds is 4. The number of carbonyl (C=O) groups excluding carboxylic acids is 1. The highest BCUT2D eigenvalue weighted by atomic mass is 16.2. The number of nitrogens with two attached hydrogens (primary N) is 1. The summed E-state index contributed by atoms with van der Waals surface area (Å²) in [6, 6.07) is 0.160. The molecule has 0 radical (unpaired) electrons. The standard InChI is InChI=1S/C13H26N2O/c1-10(2)8-9-15(13(14)16)12-6-4-11(3)5-7-12/h10-12H,4-9H2,1-3H3,(H2,14,16)/t11-,12-. The van der Waals surface area contributed by atoms with Crippen LogP contribution in [0.25, 0.3) is 0 Å². The van der Waals surface area contributed by atoms with Crippen molar-refractivity contribution >= 4 is 6.03 Å². The van der Waals surface area contributed by atoms with Gasteiger partial charge in [0.05, 0.1) is 0 Å². The molecule has 3 heteroatoms. The summed E-state index contributed by atoms with van der Waals surface area (Å²) in [6.07, 6.45) is 5.77. The Hall–Kier alpha value is -0.730. The predicted octanol–water partition coefficient (Wildman–Crippen LogP) is 2.99. The van der Waals surface area contributed by atoms with Crippen LogP contribution in [0.15, 0.2) is 0 Å². The lowest BCUT2D eigenvalue weighted by atomic mass is 9.86. The highest BCUT2D eigenvalue weighted by Crippen LogP contribution is 2.27. The zero-order chi connectivity index (χ0) is 12.1. The van der Waals surface area contributed by atoms with Gasteiger partial charge in [-0.15, -0.1) is 0 Å². The quantitative estimate of drug-likeness (QED) is 0.787. The second-order valence-electron chi connectivity index (χ2n) is 5.63. The van der Waals surface area contributed by atoms with Gasteiger partial charge in [0, 0.05) is 12.6 Å². The Morgan fingerprint density at radius 2 is 1.88 bits per heavy atom. The Morgan fingerprint density at radius 1 is 1.31 bits per heavy atom. The molecule has 0 saturated heterocycles. The molecule has 16 heavy (non-hydrogen) atoms. The summed E-state index contributed by atoms with van der Waals surface area (Å²) in [5.41, 5.74) is 5.48. The van der Waals surface area contributed by atoms with Crippen LogP contribution in [0.4, 0.5) is 4.79 Å². The van der Waals surface area contributed by atoms with Crippen LogP contribution < -0.4 is 5.73 Å². The Bertz CT molecular complexity index is 220. The second kappa shape index (κ2) is 6.12. The number of primary amides is 1. The van der Waals surface area contributed by atoms with Crippen LogP contribution in [-0.4, -0.2) is 23.5 Å². The number of carbonyl (C=O) groups is 1. The molecule has 1 aliphatic carbocycles. The highest BCUT2D eigenvalue weighted by Gasteiger charge is 2.25. The van der Waals surface area contributed by atoms with Gasteiger partial charge < -0.3 is 10.6 Å². The second-order valence-corrected chi connectivity index (χ2v) is 5.63. The minimum Gasteiger partial charge on any atom is -0.351 e. The molecule has 3 nitrogen and oxygen atoms in total. The molecule has 0 unspecified atom stereocenters. The van der Waals surface area contributed by atoms with E-state index in [9.17, 15) is 4.79 Å². The lowest BCUT2D eigenvalue weighted by molar-refractivity contribution is 0.148. The maximum absolute atomic E-state index is 11.4. The molecule has 0 aliphatic heterocycles. The summed E-state index contributed by atoms with van der Waals surface area (Å²) in [5, 5.41) is 0. The van der Waals surface area contributed by atoms with Crippen LogP contribution >= 0.6 is 0 Å². The summed E-state index contributed by atoms with van der Waals surface area (Å²) < 4.78 is 0. The Labute approximate surface area is 99.4 Å². The molecule has 2 N–H and O–H groups in total. The number of hydrogen-bond donors (Lipinski definition) is 1. The van der Waals surface area contributed by atoms with E-state index >= 15 is 0 Å². The van der Waals surface area contributed by atoms with E-state index in [1.165, 1.54) is 12.8 Å². The third-order valence-electron chi connectivity index (χ3n) is 3.66. The third kappa shape index (κ3) is 4.03. The molecule has 1 saturated carbocycles. The van der Waals surface area contributed by atoms with Crippen LogP contribution in [-0.2, 0) is 0 Å². The van der Waals surface area contributed by atoms with E-state index in [2.05, 4.69) is 20.8 Å². The van der Waals surface area contributed by atoms with Crippen LogP contribution in [0.2, 0.25) is 0 Å². The van der Waals surface area contributed by atoms with Gasteiger partial charge in [0.15, 0.2) is 0 Å². The predicted molar refractivity (Wildman–Crippen MR) is 67.2 cm³/mol. The van der Waals surface area contributed by atoms with E-state index < -0.39 is 0 Å². The average Bonchev–Trinajstić information content (AvgIpc) is 2.20. The van der Waals surface area contributed by atoms with Gasteiger partial charge in [-0.2, -0.15) is 0 Å². The molecule has 0 aromatic carbocycles. The van der Waals surface area contributed by atoms with E-state index in [1.807, 2.05) is 4.90 Å². The highest BCUT2D eigenvalue weighted by molar-refractivity contribution is 5.72. The van der Waals surface area contributed by atoms with Crippen molar-refractivity contribution < 1.29 is 4.79 Å². The van der Waals surface area contributed by atoms with Crippen molar-refractivity contribution in [2.45, 2.75) is 58.9 Å². The van der Waals surface area contributed by atoms with Gasteiger partial charge in [-0.3, -0.25) is 0 Å². The Balaban J connectivity index is 2.46. The largest absolute Gasteiger partial charge is 0.351 e.